The second-order valence-corrected chi connectivity index (χ2v) is 5.41. The molecule has 100 valence electrons. The number of nitrogens with zero attached hydrogens (tertiary/aromatic N) is 2. The number of hydrogen-bond acceptors (Lipinski definition) is 3. The van der Waals surface area contributed by atoms with Crippen LogP contribution in [-0.4, -0.2) is 16.5 Å². The van der Waals surface area contributed by atoms with Crippen LogP contribution in [0.4, 0.5) is 0 Å². The molecule has 1 N–H and O–H groups in total. The maximum atomic E-state index is 4.50. The lowest BCUT2D eigenvalue weighted by Gasteiger charge is -2.19. The first-order valence-electron chi connectivity index (χ1n) is 6.47. The van der Waals surface area contributed by atoms with E-state index in [-0.39, 0.29) is 6.04 Å². The molecule has 2 heterocycles. The van der Waals surface area contributed by atoms with E-state index in [2.05, 4.69) is 51.1 Å². The van der Waals surface area contributed by atoms with Gasteiger partial charge in [0.1, 0.15) is 0 Å². The lowest BCUT2D eigenvalue weighted by atomic mass is 10.0. The molecule has 19 heavy (non-hydrogen) atoms. The summed E-state index contributed by atoms with van der Waals surface area (Å²) < 4.78 is 1.02. The Morgan fingerprint density at radius 3 is 2.89 bits per heavy atom. The van der Waals surface area contributed by atoms with Crippen molar-refractivity contribution in [2.24, 2.45) is 0 Å². The molecule has 0 spiro atoms. The zero-order valence-corrected chi connectivity index (χ0v) is 12.8. The molecular weight excluding hydrogens is 302 g/mol. The van der Waals surface area contributed by atoms with Gasteiger partial charge in [-0.25, -0.2) is 0 Å². The van der Waals surface area contributed by atoms with Crippen LogP contribution in [0.3, 0.4) is 0 Å². The molecule has 2 aromatic heterocycles. The summed E-state index contributed by atoms with van der Waals surface area (Å²) in [4.78, 5) is 8.79. The van der Waals surface area contributed by atoms with E-state index in [1.54, 1.807) is 0 Å². The molecule has 0 bridgehead atoms. The lowest BCUT2D eigenvalue weighted by Crippen LogP contribution is -2.24. The Hall–Kier alpha value is -1.26. The van der Waals surface area contributed by atoms with Gasteiger partial charge in [0.25, 0.3) is 0 Å². The molecule has 4 heteroatoms. The van der Waals surface area contributed by atoms with E-state index in [0.29, 0.717) is 0 Å². The van der Waals surface area contributed by atoms with Crippen LogP contribution in [0.2, 0.25) is 0 Å². The predicted octanol–water partition coefficient (Wildman–Crippen LogP) is 3.64. The minimum absolute atomic E-state index is 0.0722. The molecule has 0 saturated heterocycles. The van der Waals surface area contributed by atoms with Crippen LogP contribution in [0, 0.1) is 6.92 Å². The fraction of sp³-hybridized carbons (Fsp3) is 0.333. The van der Waals surface area contributed by atoms with Crippen molar-refractivity contribution in [3.05, 3.63) is 58.1 Å². The van der Waals surface area contributed by atoms with Gasteiger partial charge in [-0.15, -0.1) is 0 Å². The second-order valence-electron chi connectivity index (χ2n) is 4.55. The van der Waals surface area contributed by atoms with E-state index in [9.17, 15) is 0 Å². The zero-order valence-electron chi connectivity index (χ0n) is 11.2. The maximum absolute atomic E-state index is 4.50. The van der Waals surface area contributed by atoms with E-state index in [4.69, 9.17) is 0 Å². The third kappa shape index (κ3) is 3.61. The fourth-order valence-corrected chi connectivity index (χ4v) is 2.49. The van der Waals surface area contributed by atoms with Gasteiger partial charge in [0, 0.05) is 23.1 Å². The van der Waals surface area contributed by atoms with Crippen molar-refractivity contribution in [3.63, 3.8) is 0 Å². The van der Waals surface area contributed by atoms with Crippen LogP contribution in [0.25, 0.3) is 0 Å². The molecule has 0 aliphatic carbocycles. The molecular formula is C15H18BrN3. The van der Waals surface area contributed by atoms with Gasteiger partial charge in [0.15, 0.2) is 0 Å². The number of nitrogens with one attached hydrogen (secondary N) is 1. The van der Waals surface area contributed by atoms with Gasteiger partial charge < -0.3 is 5.32 Å². The van der Waals surface area contributed by atoms with E-state index >= 15 is 0 Å². The number of hydrogen-bond donors (Lipinski definition) is 1. The Labute approximate surface area is 122 Å². The molecule has 0 aliphatic heterocycles. The number of aryl methyl sites for hydroxylation is 1. The van der Waals surface area contributed by atoms with Gasteiger partial charge in [-0.05, 0) is 59.1 Å². The number of halogens is 1. The number of rotatable bonds is 5. The van der Waals surface area contributed by atoms with Gasteiger partial charge in [-0.2, -0.15) is 0 Å². The standard InChI is InChI=1S/C15H18BrN3/c1-3-6-18-14(12-8-11(2)9-17-10-12)15-13(16)5-4-7-19-15/h4-5,7-10,14,18H,3,6H2,1-2H3. The Balaban J connectivity index is 2.38. The van der Waals surface area contributed by atoms with E-state index < -0.39 is 0 Å². The Morgan fingerprint density at radius 2 is 2.21 bits per heavy atom. The Bertz CT molecular complexity index is 542. The van der Waals surface area contributed by atoms with E-state index in [0.717, 1.165) is 34.3 Å². The second kappa shape index (κ2) is 6.78. The molecule has 0 saturated carbocycles. The molecule has 0 aliphatic rings. The monoisotopic (exact) mass is 319 g/mol. The van der Waals surface area contributed by atoms with Gasteiger partial charge in [0.2, 0.25) is 0 Å². The van der Waals surface area contributed by atoms with Crippen molar-refractivity contribution in [1.82, 2.24) is 15.3 Å². The summed E-state index contributed by atoms with van der Waals surface area (Å²) in [6, 6.07) is 6.18. The van der Waals surface area contributed by atoms with Crippen LogP contribution in [-0.2, 0) is 0 Å². The van der Waals surface area contributed by atoms with Gasteiger partial charge >= 0.3 is 0 Å². The van der Waals surface area contributed by atoms with Crippen LogP contribution in [0.15, 0.2) is 41.3 Å². The van der Waals surface area contributed by atoms with Gasteiger partial charge in [0.05, 0.1) is 11.7 Å². The summed E-state index contributed by atoms with van der Waals surface area (Å²) in [7, 11) is 0. The third-order valence-corrected chi connectivity index (χ3v) is 3.56. The van der Waals surface area contributed by atoms with Crippen molar-refractivity contribution in [1.29, 1.82) is 0 Å². The van der Waals surface area contributed by atoms with Crippen LogP contribution in [0.1, 0.15) is 36.2 Å². The minimum atomic E-state index is 0.0722. The highest BCUT2D eigenvalue weighted by molar-refractivity contribution is 9.10. The average Bonchev–Trinajstić information content (AvgIpc) is 2.41. The largest absolute Gasteiger partial charge is 0.305 e. The third-order valence-electron chi connectivity index (χ3n) is 2.89. The maximum Gasteiger partial charge on any atom is 0.0778 e. The smallest absolute Gasteiger partial charge is 0.0778 e. The zero-order chi connectivity index (χ0) is 13.7. The summed E-state index contributed by atoms with van der Waals surface area (Å²) in [5.74, 6) is 0. The molecule has 1 atom stereocenters. The molecule has 0 radical (unpaired) electrons. The highest BCUT2D eigenvalue weighted by Gasteiger charge is 2.17. The fourth-order valence-electron chi connectivity index (χ4n) is 2.01. The SMILES string of the molecule is CCCNC(c1cncc(C)c1)c1ncccc1Br. The topological polar surface area (TPSA) is 37.8 Å². The van der Waals surface area contributed by atoms with Gasteiger partial charge in [-0.3, -0.25) is 9.97 Å². The Morgan fingerprint density at radius 1 is 1.37 bits per heavy atom. The number of aromatic nitrogens is 2. The summed E-state index contributed by atoms with van der Waals surface area (Å²) in [6.07, 6.45) is 6.68. The highest BCUT2D eigenvalue weighted by Crippen LogP contribution is 2.26. The molecule has 0 amide bonds. The average molecular weight is 320 g/mol. The summed E-state index contributed by atoms with van der Waals surface area (Å²) >= 11 is 3.58. The first kappa shape index (κ1) is 14.2. The normalized spacial score (nSPS) is 12.4. The summed E-state index contributed by atoms with van der Waals surface area (Å²) in [5, 5.41) is 3.54. The molecule has 2 rings (SSSR count). The van der Waals surface area contributed by atoms with Crippen LogP contribution >= 0.6 is 15.9 Å². The molecule has 0 aromatic carbocycles. The molecule has 0 fully saturated rings. The summed E-state index contributed by atoms with van der Waals surface area (Å²) in [5.41, 5.74) is 3.31. The highest BCUT2D eigenvalue weighted by atomic mass is 79.9. The molecule has 3 nitrogen and oxygen atoms in total. The summed E-state index contributed by atoms with van der Waals surface area (Å²) in [6.45, 7) is 5.16. The van der Waals surface area contributed by atoms with Crippen LogP contribution < -0.4 is 5.32 Å². The Kier molecular flexibility index (Phi) is 5.05. The minimum Gasteiger partial charge on any atom is -0.305 e. The molecule has 1 unspecified atom stereocenters. The van der Waals surface area contributed by atoms with Crippen molar-refractivity contribution < 1.29 is 0 Å². The van der Waals surface area contributed by atoms with Crippen LogP contribution in [0.5, 0.6) is 0 Å². The van der Waals surface area contributed by atoms with Gasteiger partial charge in [-0.1, -0.05) is 13.0 Å². The van der Waals surface area contributed by atoms with E-state index in [1.807, 2.05) is 30.7 Å². The first-order valence-corrected chi connectivity index (χ1v) is 7.27. The van der Waals surface area contributed by atoms with E-state index in [1.165, 1.54) is 0 Å². The lowest BCUT2D eigenvalue weighted by molar-refractivity contribution is 0.582. The van der Waals surface area contributed by atoms with Crippen molar-refractivity contribution in [3.8, 4) is 0 Å². The van der Waals surface area contributed by atoms with Crippen molar-refractivity contribution >= 4 is 15.9 Å². The van der Waals surface area contributed by atoms with Crippen molar-refractivity contribution in [2.45, 2.75) is 26.3 Å². The number of pyridine rings is 2. The van der Waals surface area contributed by atoms with Crippen molar-refractivity contribution in [2.75, 3.05) is 6.54 Å². The first-order chi connectivity index (χ1) is 9.22. The quantitative estimate of drug-likeness (QED) is 0.914. The predicted molar refractivity (Wildman–Crippen MR) is 81.0 cm³/mol. The molecule has 2 aromatic rings.